The Morgan fingerprint density at radius 2 is 0.909 bits per heavy atom. The van der Waals surface area contributed by atoms with E-state index >= 15 is 4.79 Å². The molecule has 1 aliphatic carbocycles. The van der Waals surface area contributed by atoms with Crippen molar-refractivity contribution < 1.29 is 48.4 Å². The van der Waals surface area contributed by atoms with E-state index in [2.05, 4.69) is 27.7 Å². The molecule has 0 spiro atoms. The van der Waals surface area contributed by atoms with Crippen LogP contribution in [-0.2, 0) is 10.0 Å². The minimum Gasteiger partial charge on any atom is -0.504 e. The highest BCUT2D eigenvalue weighted by atomic mass is 16.6. The van der Waals surface area contributed by atoms with Crippen molar-refractivity contribution in [2.24, 2.45) is 5.92 Å². The lowest BCUT2D eigenvalue weighted by molar-refractivity contribution is -0.248. The topological polar surface area (TPSA) is 141 Å². The number of carbonyl (C=O) groups excluding carboxylic acids is 3. The molecule has 4 rings (SSSR count). The fourth-order valence-electron chi connectivity index (χ4n) is 9.45. The Morgan fingerprint density at radius 1 is 0.545 bits per heavy atom. The molecule has 2 aromatic carbocycles. The van der Waals surface area contributed by atoms with Crippen LogP contribution in [0.5, 0.6) is 34.5 Å². The molecule has 0 bridgehead atoms. The number of aromatic hydroxyl groups is 1. The number of hydrogen-bond donors (Lipinski definition) is 1. The third-order valence-corrected chi connectivity index (χ3v) is 13.5. The van der Waals surface area contributed by atoms with Crippen LogP contribution in [0.2, 0.25) is 0 Å². The molecule has 0 amide bonds. The second kappa shape index (κ2) is 27.9. The number of benzene rings is 2. The highest BCUT2D eigenvalue weighted by Crippen LogP contribution is 2.52. The second-order valence-corrected chi connectivity index (χ2v) is 20.0. The predicted molar refractivity (Wildman–Crippen MR) is 261 cm³/mol. The van der Waals surface area contributed by atoms with Gasteiger partial charge in [0.05, 0.1) is 49.0 Å². The molecule has 1 unspecified atom stereocenters. The van der Waals surface area contributed by atoms with Crippen LogP contribution in [0.25, 0.3) is 0 Å². The molecule has 1 atom stereocenters. The van der Waals surface area contributed by atoms with Crippen LogP contribution in [0.3, 0.4) is 0 Å². The lowest BCUT2D eigenvalue weighted by Crippen LogP contribution is -2.48. The van der Waals surface area contributed by atoms with Gasteiger partial charge in [0, 0.05) is 16.7 Å². The molecule has 0 saturated carbocycles. The van der Waals surface area contributed by atoms with Crippen molar-refractivity contribution in [1.82, 2.24) is 5.06 Å². The fourth-order valence-corrected chi connectivity index (χ4v) is 9.45. The summed E-state index contributed by atoms with van der Waals surface area (Å²) in [6, 6.07) is 3.00. The zero-order chi connectivity index (χ0) is 48.1. The smallest absolute Gasteiger partial charge is 0.316 e. The first-order valence-corrected chi connectivity index (χ1v) is 26.2. The minimum atomic E-state index is -1.13. The summed E-state index contributed by atoms with van der Waals surface area (Å²) in [5.41, 5.74) is -2.48. The third kappa shape index (κ3) is 14.8. The summed E-state index contributed by atoms with van der Waals surface area (Å²) < 4.78 is 31.9. The van der Waals surface area contributed by atoms with E-state index in [-0.39, 0.29) is 64.0 Å². The Kier molecular flexibility index (Phi) is 23.1. The molecule has 1 aliphatic heterocycles. The summed E-state index contributed by atoms with van der Waals surface area (Å²) in [4.78, 5) is 44.6. The van der Waals surface area contributed by atoms with Crippen molar-refractivity contribution in [2.45, 2.75) is 227 Å². The van der Waals surface area contributed by atoms with E-state index in [9.17, 15) is 19.9 Å². The molecule has 1 fully saturated rings. The summed E-state index contributed by atoms with van der Waals surface area (Å²) in [6.45, 7) is 17.0. The third-order valence-electron chi connectivity index (χ3n) is 13.5. The summed E-state index contributed by atoms with van der Waals surface area (Å²) >= 11 is 0. The summed E-state index contributed by atoms with van der Waals surface area (Å²) in [5.74, 6) is -3.04. The number of phenolic OH excluding ortho intramolecular Hbond substituents is 1. The zero-order valence-electron chi connectivity index (χ0n) is 42.3. The van der Waals surface area contributed by atoms with E-state index in [0.717, 1.165) is 133 Å². The van der Waals surface area contributed by atoms with E-state index in [1.807, 2.05) is 0 Å². The molecule has 11 nitrogen and oxygen atoms in total. The fraction of sp³-hybridized carbons (Fsp3) is 0.727. The summed E-state index contributed by atoms with van der Waals surface area (Å²) in [5, 5.41) is 26.5. The van der Waals surface area contributed by atoms with E-state index in [0.29, 0.717) is 26.2 Å². The number of rotatable bonds is 34. The summed E-state index contributed by atoms with van der Waals surface area (Å²) in [6.07, 6.45) is 25.0. The van der Waals surface area contributed by atoms with Gasteiger partial charge >= 0.3 is 5.97 Å². The number of esters is 1. The van der Waals surface area contributed by atoms with Gasteiger partial charge in [-0.05, 0) is 71.9 Å². The maximum atomic E-state index is 15.2. The summed E-state index contributed by atoms with van der Waals surface area (Å²) in [7, 11) is 0. The number of hydroxylamine groups is 2. The minimum absolute atomic E-state index is 0.0382. The van der Waals surface area contributed by atoms with Crippen molar-refractivity contribution >= 4 is 17.5 Å². The van der Waals surface area contributed by atoms with Gasteiger partial charge < -0.3 is 28.8 Å². The zero-order valence-corrected chi connectivity index (χ0v) is 42.3. The second-order valence-electron chi connectivity index (χ2n) is 20.0. The van der Waals surface area contributed by atoms with Crippen LogP contribution < -0.4 is 23.7 Å². The van der Waals surface area contributed by atoms with Gasteiger partial charge in [0.15, 0.2) is 34.6 Å². The predicted octanol–water partition coefficient (Wildman–Crippen LogP) is 14.3. The lowest BCUT2D eigenvalue weighted by Gasteiger charge is -2.33. The van der Waals surface area contributed by atoms with Crippen LogP contribution in [0.15, 0.2) is 12.1 Å². The number of nitrogens with zero attached hydrogens (tertiary/aromatic N) is 1. The quantitative estimate of drug-likeness (QED) is 0.0350. The first-order chi connectivity index (χ1) is 31.8. The molecule has 2 aliphatic rings. The molecule has 1 N–H and O–H groups in total. The van der Waals surface area contributed by atoms with Gasteiger partial charge in [0.2, 0.25) is 11.5 Å². The van der Waals surface area contributed by atoms with Crippen molar-refractivity contribution in [1.29, 1.82) is 0 Å². The molecule has 1 heterocycles. The number of ketones is 2. The lowest BCUT2D eigenvalue weighted by atomic mass is 9.82. The molecular weight excluding hydrogens is 835 g/mol. The average Bonchev–Trinajstić information content (AvgIpc) is 3.46. The standard InChI is InChI=1S/C55H86NO10/c1-9-13-17-21-25-29-33-62-43-37-40-45(49(59)50(43)64-35-31-27-23-19-15-11-3)47(57)41-38-44(63-34-30-26-22-18-14-10-2)51(65-36-32-28-24-20-16-12-4)52(46(41)48(40)58)66-53(60)42-39-54(5,6)56(61)55(42,7)8/h37-38,42,59H,9-36,39H2,1-8H3. The van der Waals surface area contributed by atoms with Crippen LogP contribution in [0, 0.1) is 5.92 Å². The first kappa shape index (κ1) is 54.8. The van der Waals surface area contributed by atoms with Crippen LogP contribution >= 0.6 is 0 Å². The number of fused-ring (bicyclic) bond motifs is 2. The Balaban J connectivity index is 1.82. The number of carbonyl (C=O) groups is 3. The number of hydrogen-bond acceptors (Lipinski definition) is 10. The van der Waals surface area contributed by atoms with E-state index < -0.39 is 40.3 Å². The molecular formula is C55H86NO10. The SMILES string of the molecule is CCCCCCCCOc1cc2c(c(O)c1OCCCCCCCC)C(=O)c1cc(OCCCCCCCC)c(OCCCCCCCC)c(OC(=O)C3CC(C)(C)N([O])C3(C)C)c1C2=O. The number of ether oxygens (including phenoxy) is 5. The van der Waals surface area contributed by atoms with Gasteiger partial charge in [-0.15, -0.1) is 10.3 Å². The maximum Gasteiger partial charge on any atom is 0.316 e. The first-order valence-electron chi connectivity index (χ1n) is 26.2. The van der Waals surface area contributed by atoms with Gasteiger partial charge in [-0.2, -0.15) is 0 Å². The normalized spacial score (nSPS) is 16.3. The van der Waals surface area contributed by atoms with E-state index in [4.69, 9.17) is 23.7 Å². The van der Waals surface area contributed by atoms with Crippen LogP contribution in [0.1, 0.15) is 248 Å². The number of unbranched alkanes of at least 4 members (excludes halogenated alkanes) is 20. The monoisotopic (exact) mass is 921 g/mol. The average molecular weight is 921 g/mol. The number of phenols is 1. The molecule has 1 saturated heterocycles. The molecule has 2 aromatic rings. The van der Waals surface area contributed by atoms with Gasteiger partial charge in [-0.25, -0.2) is 0 Å². The van der Waals surface area contributed by atoms with Crippen molar-refractivity contribution in [3.63, 3.8) is 0 Å². The van der Waals surface area contributed by atoms with Crippen LogP contribution in [-0.4, -0.2) is 65.2 Å². The molecule has 11 heteroatoms. The van der Waals surface area contributed by atoms with Crippen LogP contribution in [0.4, 0.5) is 0 Å². The maximum absolute atomic E-state index is 15.2. The highest BCUT2D eigenvalue weighted by Gasteiger charge is 2.56. The molecule has 1 radical (unpaired) electrons. The Hall–Kier alpha value is -3.83. The Bertz CT molecular complexity index is 1840. The van der Waals surface area contributed by atoms with Gasteiger partial charge in [0.25, 0.3) is 0 Å². The van der Waals surface area contributed by atoms with E-state index in [1.54, 1.807) is 27.7 Å². The van der Waals surface area contributed by atoms with Gasteiger partial charge in [0.1, 0.15) is 0 Å². The highest BCUT2D eigenvalue weighted by molar-refractivity contribution is 6.31. The van der Waals surface area contributed by atoms with E-state index in [1.165, 1.54) is 31.4 Å². The molecule has 66 heavy (non-hydrogen) atoms. The largest absolute Gasteiger partial charge is 0.504 e. The van der Waals surface area contributed by atoms with Crippen molar-refractivity contribution in [3.05, 3.63) is 34.4 Å². The molecule has 371 valence electrons. The Morgan fingerprint density at radius 3 is 1.33 bits per heavy atom. The molecule has 0 aromatic heterocycles. The van der Waals surface area contributed by atoms with Crippen molar-refractivity contribution in [3.8, 4) is 34.5 Å². The van der Waals surface area contributed by atoms with Gasteiger partial charge in [-0.3, -0.25) is 14.4 Å². The van der Waals surface area contributed by atoms with Crippen molar-refractivity contribution in [2.75, 3.05) is 26.4 Å². The van der Waals surface area contributed by atoms with Gasteiger partial charge in [-0.1, -0.05) is 156 Å². The Labute approximate surface area is 398 Å².